The van der Waals surface area contributed by atoms with Crippen molar-refractivity contribution >= 4 is 12.2 Å². The lowest BCUT2D eigenvalue weighted by atomic mass is 10.2. The van der Waals surface area contributed by atoms with Gasteiger partial charge in [-0.1, -0.05) is 0 Å². The van der Waals surface area contributed by atoms with Gasteiger partial charge in [0.15, 0.2) is 11.6 Å². The fourth-order valence-electron chi connectivity index (χ4n) is 0.832. The summed E-state index contributed by atoms with van der Waals surface area (Å²) in [6, 6.07) is 1.79. The number of aromatic hydroxyl groups is 1. The van der Waals surface area contributed by atoms with Crippen LogP contribution in [0.3, 0.4) is 0 Å². The van der Waals surface area contributed by atoms with E-state index < -0.39 is 22.9 Å². The van der Waals surface area contributed by atoms with Crippen LogP contribution in [-0.4, -0.2) is 17.3 Å². The summed E-state index contributed by atoms with van der Waals surface area (Å²) in [7, 11) is 0. The average molecular weight is 214 g/mol. The minimum atomic E-state index is -1.22. The number of phenols is 1. The molecule has 0 bridgehead atoms. The Morgan fingerprint density at radius 2 is 2.00 bits per heavy atom. The highest BCUT2D eigenvalue weighted by molar-refractivity contribution is 5.84. The summed E-state index contributed by atoms with van der Waals surface area (Å²) >= 11 is 0. The molecule has 1 aromatic carbocycles. The molecule has 0 spiro atoms. The van der Waals surface area contributed by atoms with Crippen LogP contribution in [0.4, 0.5) is 8.78 Å². The summed E-state index contributed by atoms with van der Waals surface area (Å²) in [5.41, 5.74) is 9.48. The molecule has 0 amide bonds. The zero-order valence-electron chi connectivity index (χ0n) is 7.48. The van der Waals surface area contributed by atoms with E-state index in [1.54, 1.807) is 0 Å². The summed E-state index contributed by atoms with van der Waals surface area (Å²) in [5.74, 6) is -3.10. The third kappa shape index (κ3) is 2.63. The normalized spacial score (nSPS) is 10.5. The number of nitrogens with zero attached hydrogens (tertiary/aromatic N) is 2. The lowest BCUT2D eigenvalue weighted by molar-refractivity contribution is 0.453. The fourth-order valence-corrected chi connectivity index (χ4v) is 0.832. The lowest BCUT2D eigenvalue weighted by Crippen LogP contribution is -2.21. The number of nitrogens with two attached hydrogens (primary N) is 2. The molecule has 1 aromatic rings. The number of benzene rings is 1. The molecule has 7 heteroatoms. The van der Waals surface area contributed by atoms with Gasteiger partial charge in [0.1, 0.15) is 5.75 Å². The predicted molar refractivity (Wildman–Crippen MR) is 51.4 cm³/mol. The number of hydrogen-bond donors (Lipinski definition) is 3. The van der Waals surface area contributed by atoms with Crippen LogP contribution in [0.25, 0.3) is 0 Å². The smallest absolute Gasteiger partial charge is 0.211 e. The van der Waals surface area contributed by atoms with Crippen LogP contribution in [0.5, 0.6) is 5.75 Å². The topological polar surface area (TPSA) is 97.0 Å². The highest BCUT2D eigenvalue weighted by atomic mass is 19.2. The van der Waals surface area contributed by atoms with Crippen molar-refractivity contribution in [2.75, 3.05) is 0 Å². The second-order valence-electron chi connectivity index (χ2n) is 2.56. The van der Waals surface area contributed by atoms with E-state index in [0.717, 1.165) is 18.3 Å². The molecule has 0 unspecified atom stereocenters. The van der Waals surface area contributed by atoms with Crippen LogP contribution in [-0.2, 0) is 0 Å². The predicted octanol–water partition coefficient (Wildman–Crippen LogP) is 0.278. The third-order valence-electron chi connectivity index (χ3n) is 1.47. The Morgan fingerprint density at radius 3 is 2.60 bits per heavy atom. The van der Waals surface area contributed by atoms with Crippen molar-refractivity contribution in [3.05, 3.63) is 29.3 Å². The second kappa shape index (κ2) is 4.36. The largest absolute Gasteiger partial charge is 0.507 e. The molecule has 0 fully saturated rings. The standard InChI is InChI=1S/C8H8F2N4O/c9-5-1-2-6(15)4(7(5)10)3-13-14-8(11)12/h1-3,15H,(H4,11,12,14). The van der Waals surface area contributed by atoms with Crippen molar-refractivity contribution in [3.8, 4) is 5.75 Å². The van der Waals surface area contributed by atoms with Crippen molar-refractivity contribution in [3.63, 3.8) is 0 Å². The van der Waals surface area contributed by atoms with E-state index in [0.29, 0.717) is 0 Å². The van der Waals surface area contributed by atoms with Crippen LogP contribution in [0.1, 0.15) is 5.56 Å². The lowest BCUT2D eigenvalue weighted by Gasteiger charge is -1.99. The van der Waals surface area contributed by atoms with Gasteiger partial charge in [0.2, 0.25) is 5.96 Å². The van der Waals surface area contributed by atoms with Gasteiger partial charge in [0, 0.05) is 0 Å². The molecule has 5 nitrogen and oxygen atoms in total. The third-order valence-corrected chi connectivity index (χ3v) is 1.47. The van der Waals surface area contributed by atoms with Gasteiger partial charge in [-0.05, 0) is 12.1 Å². The van der Waals surface area contributed by atoms with Crippen LogP contribution < -0.4 is 11.5 Å². The molecule has 0 aliphatic carbocycles. The number of guanidine groups is 1. The summed E-state index contributed by atoms with van der Waals surface area (Å²) < 4.78 is 25.8. The molecule has 0 radical (unpaired) electrons. The van der Waals surface area contributed by atoms with Crippen molar-refractivity contribution in [1.82, 2.24) is 0 Å². The Hall–Kier alpha value is -2.18. The van der Waals surface area contributed by atoms with Gasteiger partial charge in [-0.25, -0.2) is 8.78 Å². The Labute approximate surface area is 83.7 Å². The van der Waals surface area contributed by atoms with Gasteiger partial charge in [0.25, 0.3) is 0 Å². The Morgan fingerprint density at radius 1 is 1.33 bits per heavy atom. The zero-order chi connectivity index (χ0) is 11.4. The molecule has 0 saturated heterocycles. The second-order valence-corrected chi connectivity index (χ2v) is 2.56. The number of phenolic OH excluding ortho intramolecular Hbond substituents is 1. The van der Waals surface area contributed by atoms with Crippen molar-refractivity contribution in [2.45, 2.75) is 0 Å². The molecule has 5 N–H and O–H groups in total. The molecule has 0 aliphatic rings. The summed E-state index contributed by atoms with van der Waals surface area (Å²) in [6.45, 7) is 0. The van der Waals surface area contributed by atoms with Crippen molar-refractivity contribution in [2.24, 2.45) is 21.7 Å². The number of rotatable bonds is 2. The number of hydrogen-bond acceptors (Lipinski definition) is 3. The van der Waals surface area contributed by atoms with E-state index in [-0.39, 0.29) is 5.96 Å². The van der Waals surface area contributed by atoms with Crippen LogP contribution in [0.15, 0.2) is 22.3 Å². The van der Waals surface area contributed by atoms with Crippen molar-refractivity contribution < 1.29 is 13.9 Å². The Kier molecular flexibility index (Phi) is 3.17. The molecule has 1 rings (SSSR count). The van der Waals surface area contributed by atoms with Gasteiger partial charge >= 0.3 is 0 Å². The molecule has 15 heavy (non-hydrogen) atoms. The van der Waals surface area contributed by atoms with Crippen molar-refractivity contribution in [1.29, 1.82) is 0 Å². The zero-order valence-corrected chi connectivity index (χ0v) is 7.48. The fraction of sp³-hybridized carbons (Fsp3) is 0. The summed E-state index contributed by atoms with van der Waals surface area (Å²) in [6.07, 6.45) is 0.813. The monoisotopic (exact) mass is 214 g/mol. The summed E-state index contributed by atoms with van der Waals surface area (Å²) in [4.78, 5) is 0. The highest BCUT2D eigenvalue weighted by Crippen LogP contribution is 2.20. The molecular weight excluding hydrogens is 206 g/mol. The van der Waals surface area contributed by atoms with E-state index >= 15 is 0 Å². The summed E-state index contributed by atoms with van der Waals surface area (Å²) in [5, 5.41) is 15.6. The maximum Gasteiger partial charge on any atom is 0.211 e. The minimum Gasteiger partial charge on any atom is -0.507 e. The van der Waals surface area contributed by atoms with Gasteiger partial charge in [0.05, 0.1) is 11.8 Å². The van der Waals surface area contributed by atoms with Gasteiger partial charge in [-0.2, -0.15) is 5.10 Å². The Bertz CT molecular complexity index is 427. The first-order valence-electron chi connectivity index (χ1n) is 3.81. The first kappa shape index (κ1) is 10.9. The van der Waals surface area contributed by atoms with E-state index in [1.807, 2.05) is 0 Å². The molecule has 0 aromatic heterocycles. The van der Waals surface area contributed by atoms with E-state index in [9.17, 15) is 13.9 Å². The molecule has 0 aliphatic heterocycles. The molecule has 0 heterocycles. The van der Waals surface area contributed by atoms with E-state index in [2.05, 4.69) is 10.2 Å². The number of halogens is 2. The first-order valence-corrected chi connectivity index (χ1v) is 3.81. The molecule has 0 atom stereocenters. The highest BCUT2D eigenvalue weighted by Gasteiger charge is 2.10. The maximum absolute atomic E-state index is 13.0. The molecule has 80 valence electrons. The maximum atomic E-state index is 13.0. The minimum absolute atomic E-state index is 0.331. The van der Waals surface area contributed by atoms with Gasteiger partial charge < -0.3 is 16.6 Å². The molecular formula is C8H8F2N4O. The Balaban J connectivity index is 3.09. The first-order chi connectivity index (χ1) is 7.02. The average Bonchev–Trinajstić information content (AvgIpc) is 2.17. The SMILES string of the molecule is NC(N)=NN=Cc1c(O)ccc(F)c1F. The van der Waals surface area contributed by atoms with E-state index in [4.69, 9.17) is 11.5 Å². The quantitative estimate of drug-likeness (QED) is 0.374. The van der Waals surface area contributed by atoms with E-state index in [1.165, 1.54) is 0 Å². The van der Waals surface area contributed by atoms with Crippen LogP contribution in [0, 0.1) is 11.6 Å². The van der Waals surface area contributed by atoms with Gasteiger partial charge in [-0.15, -0.1) is 5.10 Å². The van der Waals surface area contributed by atoms with Crippen LogP contribution in [0.2, 0.25) is 0 Å². The van der Waals surface area contributed by atoms with Gasteiger partial charge in [-0.3, -0.25) is 0 Å². The molecule has 0 saturated carbocycles. The van der Waals surface area contributed by atoms with Crippen LogP contribution >= 0.6 is 0 Å².